The van der Waals surface area contributed by atoms with Gasteiger partial charge in [-0.15, -0.1) is 0 Å². The fraction of sp³-hybridized carbons (Fsp3) is 0.500. The molecule has 1 N–H and O–H groups in total. The Morgan fingerprint density at radius 1 is 1.40 bits per heavy atom. The van der Waals surface area contributed by atoms with Crippen molar-refractivity contribution in [3.05, 3.63) is 35.6 Å². The molecule has 1 aliphatic rings. The van der Waals surface area contributed by atoms with Crippen molar-refractivity contribution in [2.45, 2.75) is 25.9 Å². The molecule has 1 aromatic rings. The largest absolute Gasteiger partial charge is 0.325 e. The number of hydrogen-bond acceptors (Lipinski definition) is 1. The Labute approximate surface area is 89.7 Å². The molecule has 0 aliphatic carbocycles. The maximum absolute atomic E-state index is 13.4. The van der Waals surface area contributed by atoms with Gasteiger partial charge in [0, 0.05) is 5.56 Å². The molecule has 2 rings (SSSR count). The fourth-order valence-electron chi connectivity index (χ4n) is 1.89. The topological polar surface area (TPSA) is 13.7 Å². The van der Waals surface area contributed by atoms with E-state index in [4.69, 9.17) is 4.74 Å². The van der Waals surface area contributed by atoms with E-state index in [-0.39, 0.29) is 11.4 Å². The SMILES string of the molecule is CC1(C)COC[NH+]1Cc1ccccc1F. The molecule has 1 atom stereocenters. The second-order valence-electron chi connectivity index (χ2n) is 4.75. The van der Waals surface area contributed by atoms with Crippen molar-refractivity contribution >= 4 is 0 Å². The van der Waals surface area contributed by atoms with Crippen molar-refractivity contribution in [1.29, 1.82) is 0 Å². The molecular weight excluding hydrogens is 193 g/mol. The highest BCUT2D eigenvalue weighted by atomic mass is 19.1. The first-order chi connectivity index (χ1) is 7.09. The summed E-state index contributed by atoms with van der Waals surface area (Å²) in [4.78, 5) is 1.28. The number of rotatable bonds is 2. The first-order valence-corrected chi connectivity index (χ1v) is 5.26. The van der Waals surface area contributed by atoms with Gasteiger partial charge in [0.25, 0.3) is 0 Å². The Morgan fingerprint density at radius 3 is 2.73 bits per heavy atom. The number of ether oxygens (including phenoxy) is 1. The van der Waals surface area contributed by atoms with E-state index in [9.17, 15) is 4.39 Å². The zero-order chi connectivity index (χ0) is 10.9. The summed E-state index contributed by atoms with van der Waals surface area (Å²) < 4.78 is 18.9. The summed E-state index contributed by atoms with van der Waals surface area (Å²) in [6, 6.07) is 6.96. The van der Waals surface area contributed by atoms with Crippen molar-refractivity contribution in [2.75, 3.05) is 13.3 Å². The van der Waals surface area contributed by atoms with E-state index in [1.165, 1.54) is 11.0 Å². The number of benzene rings is 1. The van der Waals surface area contributed by atoms with E-state index in [0.29, 0.717) is 13.3 Å². The quantitative estimate of drug-likeness (QED) is 0.768. The number of halogens is 1. The summed E-state index contributed by atoms with van der Waals surface area (Å²) >= 11 is 0. The van der Waals surface area contributed by atoms with Crippen LogP contribution in [-0.2, 0) is 11.3 Å². The van der Waals surface area contributed by atoms with Crippen LogP contribution in [0, 0.1) is 5.82 Å². The smallest absolute Gasteiger partial charge is 0.182 e. The second kappa shape index (κ2) is 3.91. The lowest BCUT2D eigenvalue weighted by atomic mass is 10.0. The number of nitrogens with one attached hydrogen (secondary N) is 1. The third-order valence-electron chi connectivity index (χ3n) is 3.06. The standard InChI is InChI=1S/C12H16FNO/c1-12(2)8-15-9-14(12)7-10-5-3-4-6-11(10)13/h3-6H,7-9H2,1-2H3/p+1. The lowest BCUT2D eigenvalue weighted by Gasteiger charge is -2.25. The van der Waals surface area contributed by atoms with Gasteiger partial charge in [0.15, 0.2) is 6.73 Å². The lowest BCUT2D eigenvalue weighted by Crippen LogP contribution is -3.16. The first-order valence-electron chi connectivity index (χ1n) is 5.26. The predicted octanol–water partition coefficient (Wildman–Crippen LogP) is 0.977. The van der Waals surface area contributed by atoms with Gasteiger partial charge < -0.3 is 9.64 Å². The Bertz CT molecular complexity index is 351. The molecule has 0 saturated carbocycles. The van der Waals surface area contributed by atoms with Gasteiger partial charge in [-0.3, -0.25) is 0 Å². The average molecular weight is 210 g/mol. The molecule has 2 nitrogen and oxygen atoms in total. The first kappa shape index (κ1) is 10.6. The van der Waals surface area contributed by atoms with E-state index < -0.39 is 0 Å². The molecule has 0 aromatic heterocycles. The molecular formula is C12H17FNO+. The minimum absolute atomic E-state index is 0.0856. The number of quaternary nitrogens is 1. The summed E-state index contributed by atoms with van der Waals surface area (Å²) in [6.45, 7) is 6.41. The third kappa shape index (κ3) is 2.19. The van der Waals surface area contributed by atoms with E-state index in [1.807, 2.05) is 12.1 Å². The lowest BCUT2D eigenvalue weighted by molar-refractivity contribution is -0.954. The molecule has 0 radical (unpaired) electrons. The van der Waals surface area contributed by atoms with Crippen molar-refractivity contribution in [1.82, 2.24) is 0 Å². The predicted molar refractivity (Wildman–Crippen MR) is 56.0 cm³/mol. The summed E-state index contributed by atoms with van der Waals surface area (Å²) in [7, 11) is 0. The molecule has 0 amide bonds. The van der Waals surface area contributed by atoms with Crippen LogP contribution in [0.15, 0.2) is 24.3 Å². The van der Waals surface area contributed by atoms with E-state index in [2.05, 4.69) is 13.8 Å². The molecule has 1 saturated heterocycles. The van der Waals surface area contributed by atoms with Crippen LogP contribution in [0.1, 0.15) is 19.4 Å². The van der Waals surface area contributed by atoms with Crippen LogP contribution in [0.4, 0.5) is 4.39 Å². The van der Waals surface area contributed by atoms with Crippen LogP contribution >= 0.6 is 0 Å². The van der Waals surface area contributed by atoms with E-state index in [1.54, 1.807) is 6.07 Å². The Morgan fingerprint density at radius 2 is 2.13 bits per heavy atom. The Hall–Kier alpha value is -0.930. The van der Waals surface area contributed by atoms with Gasteiger partial charge in [-0.25, -0.2) is 4.39 Å². The Balaban J connectivity index is 2.12. The van der Waals surface area contributed by atoms with Crippen LogP contribution in [0.5, 0.6) is 0 Å². The van der Waals surface area contributed by atoms with E-state index >= 15 is 0 Å². The van der Waals surface area contributed by atoms with Gasteiger partial charge in [0.1, 0.15) is 24.5 Å². The Kier molecular flexibility index (Phi) is 2.76. The van der Waals surface area contributed by atoms with Crippen LogP contribution < -0.4 is 4.90 Å². The van der Waals surface area contributed by atoms with Gasteiger partial charge in [0.2, 0.25) is 0 Å². The summed E-state index contributed by atoms with van der Waals surface area (Å²) in [5, 5.41) is 0. The second-order valence-corrected chi connectivity index (χ2v) is 4.75. The highest BCUT2D eigenvalue weighted by Gasteiger charge is 2.37. The molecule has 15 heavy (non-hydrogen) atoms. The molecule has 1 heterocycles. The van der Waals surface area contributed by atoms with Crippen molar-refractivity contribution in [3.63, 3.8) is 0 Å². The third-order valence-corrected chi connectivity index (χ3v) is 3.06. The number of hydrogen-bond donors (Lipinski definition) is 1. The minimum Gasteiger partial charge on any atom is -0.325 e. The fourth-order valence-corrected chi connectivity index (χ4v) is 1.89. The van der Waals surface area contributed by atoms with Crippen molar-refractivity contribution in [3.8, 4) is 0 Å². The van der Waals surface area contributed by atoms with Gasteiger partial charge in [-0.1, -0.05) is 18.2 Å². The van der Waals surface area contributed by atoms with Gasteiger partial charge in [0.05, 0.1) is 0 Å². The highest BCUT2D eigenvalue weighted by Crippen LogP contribution is 2.08. The molecule has 1 aromatic carbocycles. The van der Waals surface area contributed by atoms with Gasteiger partial charge in [-0.05, 0) is 19.9 Å². The van der Waals surface area contributed by atoms with Gasteiger partial charge >= 0.3 is 0 Å². The molecule has 1 fully saturated rings. The average Bonchev–Trinajstić information content (AvgIpc) is 2.50. The van der Waals surface area contributed by atoms with Gasteiger partial charge in [-0.2, -0.15) is 0 Å². The monoisotopic (exact) mass is 210 g/mol. The normalized spacial score (nSPS) is 24.3. The summed E-state index contributed by atoms with van der Waals surface area (Å²) in [6.07, 6.45) is 0. The molecule has 82 valence electrons. The highest BCUT2D eigenvalue weighted by molar-refractivity contribution is 5.16. The van der Waals surface area contributed by atoms with Crippen LogP contribution in [0.3, 0.4) is 0 Å². The van der Waals surface area contributed by atoms with Crippen molar-refractivity contribution < 1.29 is 14.0 Å². The maximum atomic E-state index is 13.4. The summed E-state index contributed by atoms with van der Waals surface area (Å²) in [5.41, 5.74) is 0.855. The minimum atomic E-state index is -0.118. The van der Waals surface area contributed by atoms with Crippen LogP contribution in [0.2, 0.25) is 0 Å². The van der Waals surface area contributed by atoms with E-state index in [0.717, 1.165) is 12.2 Å². The molecule has 1 aliphatic heterocycles. The molecule has 1 unspecified atom stereocenters. The maximum Gasteiger partial charge on any atom is 0.182 e. The zero-order valence-electron chi connectivity index (χ0n) is 9.22. The zero-order valence-corrected chi connectivity index (χ0v) is 9.22. The molecule has 0 spiro atoms. The summed E-state index contributed by atoms with van der Waals surface area (Å²) in [5.74, 6) is -0.118. The van der Waals surface area contributed by atoms with Crippen LogP contribution in [0.25, 0.3) is 0 Å². The molecule has 0 bridgehead atoms. The molecule has 3 heteroatoms. The van der Waals surface area contributed by atoms with Crippen molar-refractivity contribution in [2.24, 2.45) is 0 Å². The van der Waals surface area contributed by atoms with Crippen LogP contribution in [-0.4, -0.2) is 18.9 Å².